The van der Waals surface area contributed by atoms with E-state index in [2.05, 4.69) is 15.3 Å². The summed E-state index contributed by atoms with van der Waals surface area (Å²) in [5.74, 6) is 0.0878. The molecule has 0 atom stereocenters. The molecule has 1 N–H and O–H groups in total. The number of ether oxygens (including phenoxy) is 1. The fraction of sp³-hybridized carbons (Fsp3) is 0.211. The van der Waals surface area contributed by atoms with Gasteiger partial charge in [0.1, 0.15) is 16.6 Å². The fourth-order valence-corrected chi connectivity index (χ4v) is 3.91. The Labute approximate surface area is 168 Å². The summed E-state index contributed by atoms with van der Waals surface area (Å²) < 4.78 is 44.9. The Kier molecular flexibility index (Phi) is 4.87. The molecule has 0 saturated heterocycles. The van der Waals surface area contributed by atoms with E-state index in [1.807, 2.05) is 0 Å². The van der Waals surface area contributed by atoms with Crippen LogP contribution in [0.4, 0.5) is 29.5 Å². The van der Waals surface area contributed by atoms with Gasteiger partial charge in [0.2, 0.25) is 0 Å². The Bertz CT molecular complexity index is 1050. The minimum Gasteiger partial charge on any atom is -0.496 e. The second-order valence-corrected chi connectivity index (χ2v) is 7.14. The van der Waals surface area contributed by atoms with Gasteiger partial charge in [-0.2, -0.15) is 13.2 Å². The quantitative estimate of drug-likeness (QED) is 0.659. The van der Waals surface area contributed by atoms with E-state index >= 15 is 0 Å². The van der Waals surface area contributed by atoms with Crippen LogP contribution in [0.3, 0.4) is 0 Å². The molecule has 4 rings (SSSR count). The Morgan fingerprint density at radius 1 is 1.28 bits per heavy atom. The molecule has 2 aromatic heterocycles. The molecule has 1 aliphatic heterocycles. The number of benzene rings is 1. The van der Waals surface area contributed by atoms with Gasteiger partial charge in [-0.15, -0.1) is 11.3 Å². The SMILES string of the molecule is COc1cc2c(cc1C(F)(F)F)N(C(=O)Nc1csc(-c3ccncc3)n1)CC2. The van der Waals surface area contributed by atoms with Crippen molar-refractivity contribution in [3.05, 3.63) is 53.2 Å². The standard InChI is InChI=1S/C19H15F3N4O2S/c1-28-15-8-12-4-7-26(14(12)9-13(15)19(20,21)22)18(27)25-16-10-29-17(24-16)11-2-5-23-6-3-11/h2-3,5-6,8-10H,4,7H2,1H3,(H,25,27). The maximum atomic E-state index is 13.3. The number of pyridine rings is 1. The van der Waals surface area contributed by atoms with E-state index in [-0.39, 0.29) is 18.0 Å². The summed E-state index contributed by atoms with van der Waals surface area (Å²) >= 11 is 1.35. The van der Waals surface area contributed by atoms with Crippen LogP contribution in [-0.2, 0) is 12.6 Å². The van der Waals surface area contributed by atoms with Crippen molar-refractivity contribution in [1.82, 2.24) is 9.97 Å². The smallest absolute Gasteiger partial charge is 0.420 e. The number of carbonyl (C=O) groups excluding carboxylic acids is 1. The first-order chi connectivity index (χ1) is 13.9. The number of urea groups is 1. The van der Waals surface area contributed by atoms with E-state index in [1.165, 1.54) is 29.4 Å². The topological polar surface area (TPSA) is 67.3 Å². The number of methoxy groups -OCH3 is 1. The van der Waals surface area contributed by atoms with Crippen molar-refractivity contribution in [2.75, 3.05) is 23.9 Å². The number of nitrogens with one attached hydrogen (secondary N) is 1. The van der Waals surface area contributed by atoms with Crippen LogP contribution in [0.15, 0.2) is 42.0 Å². The molecule has 0 fully saturated rings. The van der Waals surface area contributed by atoms with Crippen LogP contribution in [0.1, 0.15) is 11.1 Å². The lowest BCUT2D eigenvalue weighted by atomic mass is 10.1. The van der Waals surface area contributed by atoms with Crippen LogP contribution in [-0.4, -0.2) is 29.7 Å². The number of anilines is 2. The Balaban J connectivity index is 1.57. The Morgan fingerprint density at radius 2 is 2.03 bits per heavy atom. The van der Waals surface area contributed by atoms with E-state index in [0.717, 1.165) is 11.6 Å². The highest BCUT2D eigenvalue weighted by Gasteiger charge is 2.37. The molecule has 1 aliphatic rings. The number of halogens is 3. The second kappa shape index (κ2) is 7.36. The average molecular weight is 420 g/mol. The van der Waals surface area contributed by atoms with Gasteiger partial charge in [0.15, 0.2) is 0 Å². The molecule has 0 saturated carbocycles. The number of amides is 2. The summed E-state index contributed by atoms with van der Waals surface area (Å²) in [6, 6.07) is 5.37. The molecule has 2 amide bonds. The zero-order chi connectivity index (χ0) is 20.6. The number of rotatable bonds is 3. The van der Waals surface area contributed by atoms with Gasteiger partial charge in [-0.1, -0.05) is 0 Å². The van der Waals surface area contributed by atoms with Crippen molar-refractivity contribution in [3.8, 4) is 16.3 Å². The molecule has 1 aromatic carbocycles. The van der Waals surface area contributed by atoms with Crippen molar-refractivity contribution in [1.29, 1.82) is 0 Å². The van der Waals surface area contributed by atoms with E-state index in [1.54, 1.807) is 29.9 Å². The van der Waals surface area contributed by atoms with Gasteiger partial charge in [0.25, 0.3) is 0 Å². The van der Waals surface area contributed by atoms with Gasteiger partial charge < -0.3 is 4.74 Å². The van der Waals surface area contributed by atoms with Crippen LogP contribution in [0.25, 0.3) is 10.6 Å². The molecule has 150 valence electrons. The van der Waals surface area contributed by atoms with Crippen molar-refractivity contribution in [3.63, 3.8) is 0 Å². The molecular formula is C19H15F3N4O2S. The van der Waals surface area contributed by atoms with E-state index in [4.69, 9.17) is 4.74 Å². The number of aromatic nitrogens is 2. The van der Waals surface area contributed by atoms with Crippen molar-refractivity contribution in [2.24, 2.45) is 0 Å². The number of alkyl halides is 3. The molecule has 10 heteroatoms. The number of fused-ring (bicyclic) bond motifs is 1. The highest BCUT2D eigenvalue weighted by molar-refractivity contribution is 7.13. The van der Waals surface area contributed by atoms with Crippen molar-refractivity contribution < 1.29 is 22.7 Å². The number of thiazole rings is 1. The first-order valence-corrected chi connectivity index (χ1v) is 9.47. The molecular weight excluding hydrogens is 405 g/mol. The predicted molar refractivity (Wildman–Crippen MR) is 103 cm³/mol. The van der Waals surface area contributed by atoms with Gasteiger partial charge >= 0.3 is 12.2 Å². The number of carbonyl (C=O) groups is 1. The Hall–Kier alpha value is -3.14. The van der Waals surface area contributed by atoms with Crippen LogP contribution in [0, 0.1) is 0 Å². The monoisotopic (exact) mass is 420 g/mol. The molecule has 0 bridgehead atoms. The van der Waals surface area contributed by atoms with Crippen molar-refractivity contribution in [2.45, 2.75) is 12.6 Å². The summed E-state index contributed by atoms with van der Waals surface area (Å²) in [4.78, 5) is 22.3. The Morgan fingerprint density at radius 3 is 2.72 bits per heavy atom. The van der Waals surface area contributed by atoms with E-state index in [9.17, 15) is 18.0 Å². The normalized spacial score (nSPS) is 13.3. The summed E-state index contributed by atoms with van der Waals surface area (Å²) in [5, 5.41) is 5.04. The predicted octanol–water partition coefficient (Wildman–Crippen LogP) is 4.83. The number of nitrogens with zero attached hydrogens (tertiary/aromatic N) is 3. The summed E-state index contributed by atoms with van der Waals surface area (Å²) in [7, 11) is 1.19. The van der Waals surface area contributed by atoms with E-state index in [0.29, 0.717) is 22.8 Å². The van der Waals surface area contributed by atoms with Gasteiger partial charge in [0, 0.05) is 35.6 Å². The van der Waals surface area contributed by atoms with Crippen LogP contribution in [0.5, 0.6) is 5.75 Å². The van der Waals surface area contributed by atoms with Gasteiger partial charge in [-0.25, -0.2) is 9.78 Å². The molecule has 0 spiro atoms. The zero-order valence-corrected chi connectivity index (χ0v) is 16.0. The molecule has 0 radical (unpaired) electrons. The lowest BCUT2D eigenvalue weighted by molar-refractivity contribution is -0.138. The van der Waals surface area contributed by atoms with Gasteiger partial charge in [-0.3, -0.25) is 15.2 Å². The molecule has 3 heterocycles. The fourth-order valence-electron chi connectivity index (χ4n) is 3.15. The maximum Gasteiger partial charge on any atom is 0.420 e. The molecule has 0 aliphatic carbocycles. The first-order valence-electron chi connectivity index (χ1n) is 8.59. The lowest BCUT2D eigenvalue weighted by Crippen LogP contribution is -2.33. The van der Waals surface area contributed by atoms with Gasteiger partial charge in [0.05, 0.1) is 12.7 Å². The first kappa shape index (κ1) is 19.2. The number of hydrogen-bond acceptors (Lipinski definition) is 5. The highest BCUT2D eigenvalue weighted by Crippen LogP contribution is 2.42. The highest BCUT2D eigenvalue weighted by atomic mass is 32.1. The zero-order valence-electron chi connectivity index (χ0n) is 15.2. The third-order valence-corrected chi connectivity index (χ3v) is 5.40. The molecule has 29 heavy (non-hydrogen) atoms. The minimum atomic E-state index is -4.58. The third kappa shape index (κ3) is 3.75. The lowest BCUT2D eigenvalue weighted by Gasteiger charge is -2.20. The van der Waals surface area contributed by atoms with Crippen molar-refractivity contribution >= 4 is 28.9 Å². The molecule has 0 unspecified atom stereocenters. The van der Waals surface area contributed by atoms with Crippen LogP contribution in [0.2, 0.25) is 0 Å². The third-order valence-electron chi connectivity index (χ3n) is 4.51. The minimum absolute atomic E-state index is 0.222. The summed E-state index contributed by atoms with van der Waals surface area (Å²) in [6.07, 6.45) is -0.860. The second-order valence-electron chi connectivity index (χ2n) is 6.28. The maximum absolute atomic E-state index is 13.3. The molecule has 3 aromatic rings. The van der Waals surface area contributed by atoms with Gasteiger partial charge in [-0.05, 0) is 36.2 Å². The molecule has 6 nitrogen and oxygen atoms in total. The van der Waals surface area contributed by atoms with Crippen LogP contribution < -0.4 is 15.0 Å². The largest absolute Gasteiger partial charge is 0.496 e. The van der Waals surface area contributed by atoms with Crippen LogP contribution >= 0.6 is 11.3 Å². The number of hydrogen-bond donors (Lipinski definition) is 1. The average Bonchev–Trinajstić information content (AvgIpc) is 3.33. The summed E-state index contributed by atoms with van der Waals surface area (Å²) in [5.41, 5.74) is 0.798. The summed E-state index contributed by atoms with van der Waals surface area (Å²) in [6.45, 7) is 0.271. The van der Waals surface area contributed by atoms with E-state index < -0.39 is 17.8 Å².